The number of hydrogen-bond acceptors (Lipinski definition) is 5. The van der Waals surface area contributed by atoms with Crippen LogP contribution in [0.15, 0.2) is 16.6 Å². The molecule has 2 atom stereocenters. The largest absolute Gasteiger partial charge is 0.495 e. The molecule has 25 heavy (non-hydrogen) atoms. The first-order valence-electron chi connectivity index (χ1n) is 8.28. The fourth-order valence-corrected chi connectivity index (χ4v) is 3.74. The zero-order valence-electron chi connectivity index (χ0n) is 15.0. The summed E-state index contributed by atoms with van der Waals surface area (Å²) in [5.41, 5.74) is 0.268. The molecule has 0 aromatic heterocycles. The molecule has 7 heteroatoms. The van der Waals surface area contributed by atoms with Gasteiger partial charge in [-0.3, -0.25) is 4.79 Å². The summed E-state index contributed by atoms with van der Waals surface area (Å²) < 4.78 is 16.3. The van der Waals surface area contributed by atoms with Crippen molar-refractivity contribution in [2.24, 2.45) is 0 Å². The summed E-state index contributed by atoms with van der Waals surface area (Å²) >= 11 is 3.35. The van der Waals surface area contributed by atoms with Crippen LogP contribution in [0.25, 0.3) is 0 Å². The second-order valence-electron chi connectivity index (χ2n) is 6.20. The molecule has 0 bridgehead atoms. The Morgan fingerprint density at radius 3 is 2.12 bits per heavy atom. The molecule has 6 nitrogen and oxygen atoms in total. The zero-order chi connectivity index (χ0) is 18.6. The number of amides is 1. The third-order valence-corrected chi connectivity index (χ3v) is 5.27. The van der Waals surface area contributed by atoms with Gasteiger partial charge in [-0.25, -0.2) is 4.79 Å². The second kappa shape index (κ2) is 8.56. The molecular weight excluding hydrogens is 390 g/mol. The quantitative estimate of drug-likeness (QED) is 0.691. The van der Waals surface area contributed by atoms with E-state index in [9.17, 15) is 9.59 Å². The summed E-state index contributed by atoms with van der Waals surface area (Å²) in [5, 5.41) is 0. The van der Waals surface area contributed by atoms with Crippen LogP contribution < -0.4 is 9.47 Å². The van der Waals surface area contributed by atoms with Crippen molar-refractivity contribution in [3.8, 4) is 11.5 Å². The van der Waals surface area contributed by atoms with Gasteiger partial charge >= 0.3 is 5.97 Å². The predicted octanol–water partition coefficient (Wildman–Crippen LogP) is 3.41. The van der Waals surface area contributed by atoms with Gasteiger partial charge in [0.1, 0.15) is 16.0 Å². The molecule has 1 amide bonds. The van der Waals surface area contributed by atoms with Gasteiger partial charge in [0.15, 0.2) is 6.61 Å². The molecule has 1 fully saturated rings. The number of ether oxygens (including phenoxy) is 3. The fraction of sp³-hybridized carbons (Fsp3) is 0.556. The predicted molar refractivity (Wildman–Crippen MR) is 97.1 cm³/mol. The number of nitrogens with zero attached hydrogens (tertiary/aromatic N) is 1. The molecule has 0 spiro atoms. The Morgan fingerprint density at radius 2 is 1.64 bits per heavy atom. The monoisotopic (exact) mass is 413 g/mol. The minimum absolute atomic E-state index is 0.163. The third-order valence-electron chi connectivity index (χ3n) is 4.49. The van der Waals surface area contributed by atoms with E-state index < -0.39 is 5.97 Å². The van der Waals surface area contributed by atoms with Crippen molar-refractivity contribution >= 4 is 27.8 Å². The van der Waals surface area contributed by atoms with Gasteiger partial charge in [-0.05, 0) is 61.2 Å². The van der Waals surface area contributed by atoms with Crippen LogP contribution in [-0.4, -0.2) is 49.7 Å². The lowest BCUT2D eigenvalue weighted by molar-refractivity contribution is -0.140. The molecule has 1 aliphatic rings. The highest BCUT2D eigenvalue weighted by atomic mass is 79.9. The van der Waals surface area contributed by atoms with Crippen molar-refractivity contribution in [2.75, 3.05) is 20.8 Å². The molecule has 1 heterocycles. The number of hydrogen-bond donors (Lipinski definition) is 0. The van der Waals surface area contributed by atoms with Gasteiger partial charge in [0.05, 0.1) is 19.8 Å². The molecule has 1 aliphatic heterocycles. The van der Waals surface area contributed by atoms with Crippen molar-refractivity contribution in [3.63, 3.8) is 0 Å². The van der Waals surface area contributed by atoms with Crippen LogP contribution in [-0.2, 0) is 9.53 Å². The van der Waals surface area contributed by atoms with Gasteiger partial charge in [-0.2, -0.15) is 0 Å². The Morgan fingerprint density at radius 1 is 1.12 bits per heavy atom. The summed E-state index contributed by atoms with van der Waals surface area (Å²) in [6, 6.07) is 3.43. The van der Waals surface area contributed by atoms with E-state index in [0.29, 0.717) is 16.0 Å². The van der Waals surface area contributed by atoms with Gasteiger partial charge in [-0.1, -0.05) is 0 Å². The Bertz CT molecular complexity index is 613. The average Bonchev–Trinajstić information content (AvgIpc) is 2.59. The number of esters is 1. The van der Waals surface area contributed by atoms with Crippen LogP contribution in [0.5, 0.6) is 11.5 Å². The van der Waals surface area contributed by atoms with E-state index in [0.717, 1.165) is 19.3 Å². The minimum Gasteiger partial charge on any atom is -0.495 e. The molecule has 0 N–H and O–H groups in total. The van der Waals surface area contributed by atoms with Gasteiger partial charge in [0.25, 0.3) is 5.91 Å². The van der Waals surface area contributed by atoms with Crippen LogP contribution in [0.3, 0.4) is 0 Å². The molecule has 0 aliphatic carbocycles. The molecule has 1 aromatic carbocycles. The molecular formula is C18H24BrNO5. The molecule has 1 aromatic rings. The van der Waals surface area contributed by atoms with E-state index in [1.807, 2.05) is 18.7 Å². The summed E-state index contributed by atoms with van der Waals surface area (Å²) in [6.07, 6.45) is 3.07. The van der Waals surface area contributed by atoms with Crippen LogP contribution in [0.4, 0.5) is 0 Å². The third kappa shape index (κ3) is 4.45. The highest BCUT2D eigenvalue weighted by Gasteiger charge is 2.29. The average molecular weight is 414 g/mol. The normalized spacial score (nSPS) is 20.1. The van der Waals surface area contributed by atoms with Crippen molar-refractivity contribution in [1.82, 2.24) is 4.90 Å². The molecule has 0 saturated carbocycles. The number of likely N-dealkylation sites (tertiary alicyclic amines) is 1. The molecule has 138 valence electrons. The van der Waals surface area contributed by atoms with Crippen molar-refractivity contribution in [1.29, 1.82) is 0 Å². The lowest BCUT2D eigenvalue weighted by Crippen LogP contribution is -2.49. The van der Waals surface area contributed by atoms with Crippen LogP contribution in [0, 0.1) is 0 Å². The summed E-state index contributed by atoms with van der Waals surface area (Å²) in [4.78, 5) is 26.6. The number of carbonyl (C=O) groups excluding carboxylic acids is 2. The van der Waals surface area contributed by atoms with Gasteiger partial charge in [-0.15, -0.1) is 0 Å². The number of halogens is 1. The molecule has 2 rings (SSSR count). The van der Waals surface area contributed by atoms with Crippen molar-refractivity contribution in [3.05, 3.63) is 22.2 Å². The standard InChI is InChI=1S/C18H24BrNO5/c1-11-6-5-7-12(2)20(11)16(21)10-25-18(22)13-8-14(23-3)17(19)15(9-13)24-4/h8-9,11-12H,5-7,10H2,1-4H3/t11-,12-/m1/s1. The summed E-state index contributed by atoms with van der Waals surface area (Å²) in [5.74, 6) is 0.158. The summed E-state index contributed by atoms with van der Waals surface area (Å²) in [7, 11) is 2.99. The van der Waals surface area contributed by atoms with E-state index in [2.05, 4.69) is 15.9 Å². The van der Waals surface area contributed by atoms with Crippen LogP contribution in [0.1, 0.15) is 43.5 Å². The first kappa shape index (κ1) is 19.6. The van der Waals surface area contributed by atoms with Crippen LogP contribution in [0.2, 0.25) is 0 Å². The van der Waals surface area contributed by atoms with E-state index >= 15 is 0 Å². The molecule has 0 unspecified atom stereocenters. The Labute approximate surface area is 156 Å². The number of piperidine rings is 1. The lowest BCUT2D eigenvalue weighted by atomic mass is 9.97. The SMILES string of the molecule is COc1cc(C(=O)OCC(=O)N2[C@H](C)CCC[C@H]2C)cc(OC)c1Br. The second-order valence-corrected chi connectivity index (χ2v) is 6.99. The zero-order valence-corrected chi connectivity index (χ0v) is 16.6. The minimum atomic E-state index is -0.588. The maximum Gasteiger partial charge on any atom is 0.338 e. The van der Waals surface area contributed by atoms with Crippen LogP contribution >= 0.6 is 15.9 Å². The maximum atomic E-state index is 12.4. The van der Waals surface area contributed by atoms with E-state index in [4.69, 9.17) is 14.2 Å². The number of carbonyl (C=O) groups is 2. The number of benzene rings is 1. The van der Waals surface area contributed by atoms with E-state index in [1.165, 1.54) is 14.2 Å². The van der Waals surface area contributed by atoms with Gasteiger partial charge < -0.3 is 19.1 Å². The maximum absolute atomic E-state index is 12.4. The highest BCUT2D eigenvalue weighted by molar-refractivity contribution is 9.10. The lowest BCUT2D eigenvalue weighted by Gasteiger charge is -2.38. The van der Waals surface area contributed by atoms with Crippen molar-refractivity contribution < 1.29 is 23.8 Å². The number of rotatable bonds is 5. The smallest absolute Gasteiger partial charge is 0.338 e. The number of methoxy groups -OCH3 is 2. The van der Waals surface area contributed by atoms with E-state index in [1.54, 1.807) is 12.1 Å². The Balaban J connectivity index is 2.06. The Hall–Kier alpha value is -1.76. The first-order chi connectivity index (χ1) is 11.9. The van der Waals surface area contributed by atoms with E-state index in [-0.39, 0.29) is 30.2 Å². The molecule has 1 saturated heterocycles. The Kier molecular flexibility index (Phi) is 6.70. The molecule has 0 radical (unpaired) electrons. The van der Waals surface area contributed by atoms with Gasteiger partial charge in [0.2, 0.25) is 0 Å². The topological polar surface area (TPSA) is 65.1 Å². The highest BCUT2D eigenvalue weighted by Crippen LogP contribution is 2.35. The van der Waals surface area contributed by atoms with Crippen molar-refractivity contribution in [2.45, 2.75) is 45.2 Å². The fourth-order valence-electron chi connectivity index (χ4n) is 3.19. The first-order valence-corrected chi connectivity index (χ1v) is 9.08. The summed E-state index contributed by atoms with van der Waals surface area (Å²) in [6.45, 7) is 3.79. The van der Waals surface area contributed by atoms with Gasteiger partial charge in [0, 0.05) is 12.1 Å².